The third-order valence-electron chi connectivity index (χ3n) is 7.05. The Bertz CT molecular complexity index is 1440. The molecule has 0 spiro atoms. The summed E-state index contributed by atoms with van der Waals surface area (Å²) in [6, 6.07) is 19.2. The monoisotopic (exact) mass is 532 g/mol. The van der Waals surface area contributed by atoms with Crippen LogP contribution in [0.5, 0.6) is 0 Å². The van der Waals surface area contributed by atoms with Gasteiger partial charge < -0.3 is 9.47 Å². The molecule has 1 amide bonds. The molecule has 1 heterocycles. The first-order valence-corrected chi connectivity index (χ1v) is 13.5. The molecular formula is C30H30F2N4OS. The zero-order chi connectivity index (χ0) is 26.6. The summed E-state index contributed by atoms with van der Waals surface area (Å²) < 4.78 is 32.8. The molecule has 3 aromatic carbocycles. The fourth-order valence-electron chi connectivity index (χ4n) is 4.87. The highest BCUT2D eigenvalue weighted by molar-refractivity contribution is 7.97. The van der Waals surface area contributed by atoms with Gasteiger partial charge in [-0.25, -0.2) is 13.8 Å². The number of carbonyl (C=O) groups is 1. The second-order valence-corrected chi connectivity index (χ2v) is 10.7. The van der Waals surface area contributed by atoms with Crippen molar-refractivity contribution in [3.05, 3.63) is 113 Å². The van der Waals surface area contributed by atoms with Crippen LogP contribution in [0.2, 0.25) is 0 Å². The summed E-state index contributed by atoms with van der Waals surface area (Å²) in [7, 11) is 1.91. The van der Waals surface area contributed by atoms with Crippen LogP contribution < -0.4 is 9.62 Å². The van der Waals surface area contributed by atoms with Crippen LogP contribution in [0.25, 0.3) is 0 Å². The van der Waals surface area contributed by atoms with E-state index in [2.05, 4.69) is 21.8 Å². The molecule has 0 aliphatic heterocycles. The zero-order valence-corrected chi connectivity index (χ0v) is 22.2. The Balaban J connectivity index is 1.39. The van der Waals surface area contributed by atoms with Crippen molar-refractivity contribution in [2.24, 2.45) is 7.05 Å². The zero-order valence-electron chi connectivity index (χ0n) is 21.4. The van der Waals surface area contributed by atoms with Gasteiger partial charge in [-0.05, 0) is 89.9 Å². The van der Waals surface area contributed by atoms with Crippen molar-refractivity contribution in [3.8, 4) is 0 Å². The number of hydrogen-bond acceptors (Lipinski definition) is 4. The lowest BCUT2D eigenvalue weighted by Crippen LogP contribution is -2.32. The molecule has 0 bridgehead atoms. The quantitative estimate of drug-likeness (QED) is 0.244. The molecule has 2 unspecified atom stereocenters. The van der Waals surface area contributed by atoms with Gasteiger partial charge in [0, 0.05) is 42.5 Å². The van der Waals surface area contributed by atoms with E-state index in [4.69, 9.17) is 0 Å². The van der Waals surface area contributed by atoms with Crippen LogP contribution in [0.1, 0.15) is 54.2 Å². The Morgan fingerprint density at radius 1 is 1.13 bits per heavy atom. The number of aryl methyl sites for hydroxylation is 2. The number of nitrogens with zero attached hydrogens (tertiary/aromatic N) is 3. The van der Waals surface area contributed by atoms with Gasteiger partial charge in [0.15, 0.2) is 0 Å². The fourth-order valence-corrected chi connectivity index (χ4v) is 5.71. The van der Waals surface area contributed by atoms with Gasteiger partial charge in [-0.15, -0.1) is 0 Å². The Morgan fingerprint density at radius 2 is 1.92 bits per heavy atom. The number of anilines is 1. The number of halogens is 2. The van der Waals surface area contributed by atoms with Gasteiger partial charge in [0.1, 0.15) is 17.5 Å². The molecule has 0 fully saturated rings. The van der Waals surface area contributed by atoms with E-state index >= 15 is 0 Å². The van der Waals surface area contributed by atoms with Crippen LogP contribution in [-0.4, -0.2) is 15.5 Å². The third kappa shape index (κ3) is 5.97. The lowest BCUT2D eigenvalue weighted by atomic mass is 9.96. The Hall–Kier alpha value is -3.49. The number of benzene rings is 3. The summed E-state index contributed by atoms with van der Waals surface area (Å²) in [5.41, 5.74) is 3.97. The molecular weight excluding hydrogens is 502 g/mol. The van der Waals surface area contributed by atoms with Crippen molar-refractivity contribution >= 4 is 23.5 Å². The van der Waals surface area contributed by atoms with Crippen LogP contribution in [0.3, 0.4) is 0 Å². The highest BCUT2D eigenvalue weighted by Crippen LogP contribution is 2.37. The second kappa shape index (κ2) is 11.5. The molecule has 0 saturated heterocycles. The molecule has 2 atom stereocenters. The molecule has 1 aliphatic rings. The van der Waals surface area contributed by atoms with Crippen LogP contribution in [0.15, 0.2) is 84.0 Å². The van der Waals surface area contributed by atoms with E-state index in [9.17, 15) is 13.6 Å². The van der Waals surface area contributed by atoms with Crippen LogP contribution >= 0.6 is 11.9 Å². The first kappa shape index (κ1) is 26.1. The number of hydrogen-bond donors (Lipinski definition) is 1. The van der Waals surface area contributed by atoms with Crippen molar-refractivity contribution in [2.75, 3.05) is 4.90 Å². The van der Waals surface area contributed by atoms with E-state index in [1.165, 1.54) is 41.8 Å². The second-order valence-electron chi connectivity index (χ2n) is 9.75. The van der Waals surface area contributed by atoms with Crippen molar-refractivity contribution in [3.63, 3.8) is 0 Å². The molecule has 4 aromatic rings. The van der Waals surface area contributed by atoms with Gasteiger partial charge >= 0.3 is 0 Å². The molecule has 5 nitrogen and oxygen atoms in total. The maximum absolute atomic E-state index is 13.8. The smallest absolute Gasteiger partial charge is 0.228 e. The van der Waals surface area contributed by atoms with Gasteiger partial charge in [-0.2, -0.15) is 0 Å². The number of amides is 1. The highest BCUT2D eigenvalue weighted by atomic mass is 32.2. The molecule has 8 heteroatoms. The van der Waals surface area contributed by atoms with Crippen LogP contribution in [0, 0.1) is 11.6 Å². The lowest BCUT2D eigenvalue weighted by molar-refractivity contribution is -0.119. The van der Waals surface area contributed by atoms with E-state index in [1.807, 2.05) is 42.9 Å². The van der Waals surface area contributed by atoms with Crippen molar-refractivity contribution in [2.45, 2.75) is 49.6 Å². The summed E-state index contributed by atoms with van der Waals surface area (Å²) >= 11 is 1.41. The SMILES string of the molecule is CC(CC(=O)N(Cc1nccn1C)c1ccc2c(c1)C(NSc1cccc(F)c1)CC2)c1cccc(F)c1. The molecule has 196 valence electrons. The normalized spacial score (nSPS) is 15.3. The molecule has 38 heavy (non-hydrogen) atoms. The number of fused-ring (bicyclic) bond motifs is 1. The number of nitrogens with one attached hydrogen (secondary N) is 1. The lowest BCUT2D eigenvalue weighted by Gasteiger charge is -2.26. The van der Waals surface area contributed by atoms with Crippen molar-refractivity contribution in [1.29, 1.82) is 0 Å². The Morgan fingerprint density at radius 3 is 2.66 bits per heavy atom. The van der Waals surface area contributed by atoms with Crippen molar-refractivity contribution < 1.29 is 13.6 Å². The number of rotatable bonds is 9. The average molecular weight is 533 g/mol. The average Bonchev–Trinajstić information content (AvgIpc) is 3.50. The summed E-state index contributed by atoms with van der Waals surface area (Å²) in [5, 5.41) is 0. The van der Waals surface area contributed by atoms with E-state index in [0.29, 0.717) is 6.54 Å². The van der Waals surface area contributed by atoms with Gasteiger partial charge in [0.25, 0.3) is 0 Å². The van der Waals surface area contributed by atoms with Crippen LogP contribution in [0.4, 0.5) is 14.5 Å². The first-order valence-electron chi connectivity index (χ1n) is 12.7. The summed E-state index contributed by atoms with van der Waals surface area (Å²) in [4.78, 5) is 20.7. The van der Waals surface area contributed by atoms with E-state index in [0.717, 1.165) is 40.4 Å². The molecule has 5 rings (SSSR count). The minimum atomic E-state index is -0.306. The largest absolute Gasteiger partial charge is 0.337 e. The minimum Gasteiger partial charge on any atom is -0.337 e. The fraction of sp³-hybridized carbons (Fsp3) is 0.267. The van der Waals surface area contributed by atoms with Crippen LogP contribution in [-0.2, 0) is 24.8 Å². The molecule has 0 saturated carbocycles. The van der Waals surface area contributed by atoms with E-state index in [-0.39, 0.29) is 35.9 Å². The third-order valence-corrected chi connectivity index (χ3v) is 7.95. The topological polar surface area (TPSA) is 50.2 Å². The molecule has 1 N–H and O–H groups in total. The molecule has 1 aliphatic carbocycles. The maximum Gasteiger partial charge on any atom is 0.228 e. The van der Waals surface area contributed by atoms with E-state index < -0.39 is 0 Å². The first-order chi connectivity index (χ1) is 18.4. The number of carbonyl (C=O) groups excluding carboxylic acids is 1. The van der Waals surface area contributed by atoms with Gasteiger partial charge in [0.05, 0.1) is 6.54 Å². The Kier molecular flexibility index (Phi) is 7.90. The summed E-state index contributed by atoms with van der Waals surface area (Å²) in [6.07, 6.45) is 5.67. The summed E-state index contributed by atoms with van der Waals surface area (Å²) in [5.74, 6) is 0.00489. The van der Waals surface area contributed by atoms with Gasteiger partial charge in [-0.1, -0.05) is 31.2 Å². The molecule has 0 radical (unpaired) electrons. The Labute approximate surface area is 226 Å². The maximum atomic E-state index is 13.8. The summed E-state index contributed by atoms with van der Waals surface area (Å²) in [6.45, 7) is 2.27. The number of imidazole rings is 1. The minimum absolute atomic E-state index is 0.0543. The van der Waals surface area contributed by atoms with Crippen molar-refractivity contribution in [1.82, 2.24) is 14.3 Å². The van der Waals surface area contributed by atoms with Gasteiger partial charge in [-0.3, -0.25) is 9.52 Å². The standard InChI is InChI=1S/C30H30F2N4OS/c1-20(22-5-3-6-23(31)16-22)15-30(37)36(19-29-33-13-14-35(29)2)25-11-9-21-10-12-28(27(21)18-25)34-38-26-8-4-7-24(32)17-26/h3-9,11,13-14,16-18,20,28,34H,10,12,15,19H2,1-2H3. The van der Waals surface area contributed by atoms with E-state index in [1.54, 1.807) is 23.2 Å². The van der Waals surface area contributed by atoms with Gasteiger partial charge in [0.2, 0.25) is 5.91 Å². The predicted molar refractivity (Wildman–Crippen MR) is 147 cm³/mol. The predicted octanol–water partition coefficient (Wildman–Crippen LogP) is 6.71. The number of aromatic nitrogens is 2. The molecule has 1 aromatic heterocycles. The highest BCUT2D eigenvalue weighted by Gasteiger charge is 2.26.